The summed E-state index contributed by atoms with van der Waals surface area (Å²) in [6, 6.07) is 0. The van der Waals surface area contributed by atoms with Crippen LogP contribution >= 0.6 is 0 Å². The molecular weight excluding hydrogens is 172 g/mol. The van der Waals surface area contributed by atoms with Crippen LogP contribution in [0.25, 0.3) is 0 Å². The summed E-state index contributed by atoms with van der Waals surface area (Å²) < 4.78 is 4.82. The molecule has 2 rings (SSSR count). The molecule has 0 unspecified atom stereocenters. The van der Waals surface area contributed by atoms with Gasteiger partial charge in [0.05, 0.1) is 6.42 Å². The highest BCUT2D eigenvalue weighted by Crippen LogP contribution is 2.49. The summed E-state index contributed by atoms with van der Waals surface area (Å²) >= 11 is 0. The maximum Gasteiger partial charge on any atom is 0.345 e. The summed E-state index contributed by atoms with van der Waals surface area (Å²) in [4.78, 5) is 21.9. The van der Waals surface area contributed by atoms with Crippen molar-refractivity contribution in [3.8, 4) is 0 Å². The molecule has 4 heteroatoms. The smallest absolute Gasteiger partial charge is 0.345 e. The number of carbonyl (C=O) groups excluding carboxylic acids is 1. The molecular formula is C9H12O4. The van der Waals surface area contributed by atoms with Gasteiger partial charge < -0.3 is 9.84 Å². The molecule has 0 radical (unpaired) electrons. The Morgan fingerprint density at radius 1 is 1.46 bits per heavy atom. The van der Waals surface area contributed by atoms with E-state index in [-0.39, 0.29) is 11.4 Å². The Kier molecular flexibility index (Phi) is 1.78. The van der Waals surface area contributed by atoms with Crippen LogP contribution in [-0.2, 0) is 14.3 Å². The predicted octanol–water partition coefficient (Wildman–Crippen LogP) is 0.947. The summed E-state index contributed by atoms with van der Waals surface area (Å²) in [6.45, 7) is 0. The zero-order valence-electron chi connectivity index (χ0n) is 7.28. The molecule has 0 amide bonds. The molecule has 0 aromatic carbocycles. The molecule has 1 spiro atoms. The van der Waals surface area contributed by atoms with Gasteiger partial charge >= 0.3 is 11.9 Å². The summed E-state index contributed by atoms with van der Waals surface area (Å²) in [6.07, 6.45) is 3.07. The van der Waals surface area contributed by atoms with Gasteiger partial charge in [0, 0.05) is 5.41 Å². The van der Waals surface area contributed by atoms with Crippen molar-refractivity contribution in [2.45, 2.75) is 38.2 Å². The van der Waals surface area contributed by atoms with E-state index in [0.717, 1.165) is 25.7 Å². The van der Waals surface area contributed by atoms with Crippen molar-refractivity contribution in [1.82, 2.24) is 0 Å². The highest BCUT2D eigenvalue weighted by atomic mass is 16.6. The van der Waals surface area contributed by atoms with Crippen molar-refractivity contribution < 1.29 is 19.4 Å². The van der Waals surface area contributed by atoms with Gasteiger partial charge in [0.25, 0.3) is 0 Å². The molecule has 0 aromatic heterocycles. The predicted molar refractivity (Wildman–Crippen MR) is 43.0 cm³/mol. The molecule has 4 nitrogen and oxygen atoms in total. The van der Waals surface area contributed by atoms with Crippen LogP contribution in [-0.4, -0.2) is 23.1 Å². The molecule has 13 heavy (non-hydrogen) atoms. The Labute approximate surface area is 75.9 Å². The minimum absolute atomic E-state index is 0.296. The fourth-order valence-corrected chi connectivity index (χ4v) is 2.51. The van der Waals surface area contributed by atoms with Crippen LogP contribution in [0.5, 0.6) is 0 Å². The van der Waals surface area contributed by atoms with Gasteiger partial charge in [-0.3, -0.25) is 4.79 Å². The number of ether oxygens (including phenoxy) is 1. The number of aliphatic carboxylic acids is 1. The number of carboxylic acid groups (broad SMARTS) is 1. The first-order valence-electron chi connectivity index (χ1n) is 4.56. The molecule has 1 aliphatic heterocycles. The average Bonchev–Trinajstić information content (AvgIpc) is 2.60. The van der Waals surface area contributed by atoms with E-state index in [9.17, 15) is 9.59 Å². The highest BCUT2D eigenvalue weighted by molar-refractivity contribution is 5.83. The number of hydrogen-bond donors (Lipinski definition) is 1. The molecule has 1 aliphatic carbocycles. The summed E-state index contributed by atoms with van der Waals surface area (Å²) in [5, 5.41) is 8.88. The van der Waals surface area contributed by atoms with E-state index >= 15 is 0 Å². The molecule has 1 heterocycles. The van der Waals surface area contributed by atoms with Gasteiger partial charge in [0.15, 0.2) is 0 Å². The summed E-state index contributed by atoms with van der Waals surface area (Å²) in [5.74, 6) is -1.35. The lowest BCUT2D eigenvalue weighted by Gasteiger charge is -2.23. The van der Waals surface area contributed by atoms with E-state index in [4.69, 9.17) is 9.84 Å². The zero-order chi connectivity index (χ0) is 9.47. The van der Waals surface area contributed by atoms with Crippen LogP contribution in [0.4, 0.5) is 0 Å². The third kappa shape index (κ3) is 1.20. The van der Waals surface area contributed by atoms with E-state index in [0.29, 0.717) is 6.42 Å². The second kappa shape index (κ2) is 2.72. The first-order chi connectivity index (χ1) is 6.14. The van der Waals surface area contributed by atoms with E-state index in [1.807, 2.05) is 0 Å². The first kappa shape index (κ1) is 8.53. The molecule has 72 valence electrons. The van der Waals surface area contributed by atoms with Crippen molar-refractivity contribution in [2.24, 2.45) is 5.41 Å². The molecule has 1 N–H and O–H groups in total. The fourth-order valence-electron chi connectivity index (χ4n) is 2.51. The topological polar surface area (TPSA) is 63.6 Å². The lowest BCUT2D eigenvalue weighted by molar-refractivity contribution is -0.160. The van der Waals surface area contributed by atoms with Crippen molar-refractivity contribution in [1.29, 1.82) is 0 Å². The molecule has 0 bridgehead atoms. The molecule has 1 saturated heterocycles. The first-order valence-corrected chi connectivity index (χ1v) is 4.56. The van der Waals surface area contributed by atoms with Gasteiger partial charge in [-0.15, -0.1) is 0 Å². The van der Waals surface area contributed by atoms with E-state index in [1.165, 1.54) is 0 Å². The Morgan fingerprint density at radius 2 is 2.08 bits per heavy atom. The van der Waals surface area contributed by atoms with Crippen LogP contribution in [0, 0.1) is 5.41 Å². The maximum atomic E-state index is 11.0. The Morgan fingerprint density at radius 3 is 2.62 bits per heavy atom. The molecule has 2 fully saturated rings. The minimum atomic E-state index is -0.993. The highest BCUT2D eigenvalue weighted by Gasteiger charge is 2.53. The van der Waals surface area contributed by atoms with Crippen LogP contribution in [0.2, 0.25) is 0 Å². The van der Waals surface area contributed by atoms with Gasteiger partial charge in [0.1, 0.15) is 0 Å². The van der Waals surface area contributed by atoms with Gasteiger partial charge in [-0.05, 0) is 12.8 Å². The van der Waals surface area contributed by atoms with Gasteiger partial charge in [-0.1, -0.05) is 12.8 Å². The normalized spacial score (nSPS) is 30.8. The summed E-state index contributed by atoms with van der Waals surface area (Å²) in [7, 11) is 0. The van der Waals surface area contributed by atoms with Crippen LogP contribution < -0.4 is 0 Å². The lowest BCUT2D eigenvalue weighted by Crippen LogP contribution is -2.35. The van der Waals surface area contributed by atoms with Crippen molar-refractivity contribution >= 4 is 11.9 Å². The Bertz CT molecular complexity index is 252. The van der Waals surface area contributed by atoms with Crippen LogP contribution in [0.3, 0.4) is 0 Å². The number of cyclic esters (lactones) is 1. The monoisotopic (exact) mass is 184 g/mol. The second-order valence-corrected chi connectivity index (χ2v) is 3.95. The van der Waals surface area contributed by atoms with Crippen LogP contribution in [0.15, 0.2) is 0 Å². The third-order valence-electron chi connectivity index (χ3n) is 3.13. The van der Waals surface area contributed by atoms with E-state index in [2.05, 4.69) is 0 Å². The lowest BCUT2D eigenvalue weighted by atomic mass is 9.79. The average molecular weight is 184 g/mol. The van der Waals surface area contributed by atoms with Gasteiger partial charge in [0.2, 0.25) is 6.10 Å². The minimum Gasteiger partial charge on any atom is -0.478 e. The van der Waals surface area contributed by atoms with Crippen molar-refractivity contribution in [2.75, 3.05) is 0 Å². The third-order valence-corrected chi connectivity index (χ3v) is 3.13. The maximum absolute atomic E-state index is 11.0. The van der Waals surface area contributed by atoms with E-state index in [1.54, 1.807) is 0 Å². The Balaban J connectivity index is 2.25. The molecule has 2 aliphatic rings. The number of esters is 1. The number of hydrogen-bond acceptors (Lipinski definition) is 3. The number of carbonyl (C=O) groups is 2. The van der Waals surface area contributed by atoms with Crippen LogP contribution in [0.1, 0.15) is 32.1 Å². The second-order valence-electron chi connectivity index (χ2n) is 3.95. The number of rotatable bonds is 1. The van der Waals surface area contributed by atoms with Crippen molar-refractivity contribution in [3.05, 3.63) is 0 Å². The summed E-state index contributed by atoms with van der Waals surface area (Å²) in [5.41, 5.74) is -0.372. The molecule has 1 atom stereocenters. The fraction of sp³-hybridized carbons (Fsp3) is 0.778. The standard InChI is InChI=1S/C9H12O4/c10-6-5-9(3-1-2-4-9)7(13-6)8(11)12/h7H,1-5H2,(H,11,12)/t7-/m1/s1. The van der Waals surface area contributed by atoms with Gasteiger partial charge in [-0.25, -0.2) is 4.79 Å². The molecule has 0 aromatic rings. The SMILES string of the molecule is O=C1CC2(CCCC2)[C@@H](C(=O)O)O1. The van der Waals surface area contributed by atoms with E-state index < -0.39 is 12.1 Å². The van der Waals surface area contributed by atoms with Gasteiger partial charge in [-0.2, -0.15) is 0 Å². The molecule has 1 saturated carbocycles. The number of carboxylic acids is 1. The van der Waals surface area contributed by atoms with Crippen molar-refractivity contribution in [3.63, 3.8) is 0 Å². The largest absolute Gasteiger partial charge is 0.478 e. The Hall–Kier alpha value is -1.06. The zero-order valence-corrected chi connectivity index (χ0v) is 7.28. The quantitative estimate of drug-likeness (QED) is 0.616.